The molecule has 3 rings (SSSR count). The number of aromatic nitrogens is 2. The largest absolute Gasteiger partial charge is 0.332 e. The molecule has 2 N–H and O–H groups in total. The number of rotatable bonds is 4. The molecule has 0 unspecified atom stereocenters. The summed E-state index contributed by atoms with van der Waals surface area (Å²) in [5, 5.41) is 12.7. The average Bonchev–Trinajstić information content (AvgIpc) is 3.00. The van der Waals surface area contributed by atoms with Crippen LogP contribution in [0.15, 0.2) is 54.9 Å². The van der Waals surface area contributed by atoms with Crippen LogP contribution in [0.1, 0.15) is 5.56 Å². The second-order valence-electron chi connectivity index (χ2n) is 5.26. The molecule has 0 saturated heterocycles. The molecule has 0 amide bonds. The highest BCUT2D eigenvalue weighted by Gasteiger charge is 2.04. The van der Waals surface area contributed by atoms with Crippen molar-refractivity contribution in [2.75, 3.05) is 10.6 Å². The highest BCUT2D eigenvalue weighted by molar-refractivity contribution is 7.80. The SMILES string of the molecule is S=C(Nc1ccc(Cl)cc1)Nc1cnn(Cc2ccc(Cl)c(Cl)c2)c1. The number of nitrogens with zero attached hydrogens (tertiary/aromatic N) is 2. The molecule has 0 radical (unpaired) electrons. The maximum atomic E-state index is 6.03. The van der Waals surface area contributed by atoms with E-state index in [4.69, 9.17) is 47.0 Å². The number of hydrogen-bond acceptors (Lipinski definition) is 2. The van der Waals surface area contributed by atoms with Crippen molar-refractivity contribution in [3.8, 4) is 0 Å². The Morgan fingerprint density at radius 2 is 1.68 bits per heavy atom. The smallest absolute Gasteiger partial charge is 0.175 e. The molecule has 2 aromatic carbocycles. The van der Waals surface area contributed by atoms with Gasteiger partial charge in [0.2, 0.25) is 0 Å². The van der Waals surface area contributed by atoms with E-state index in [1.54, 1.807) is 29.1 Å². The summed E-state index contributed by atoms with van der Waals surface area (Å²) in [7, 11) is 0. The van der Waals surface area contributed by atoms with Crippen LogP contribution in [0.25, 0.3) is 0 Å². The number of thiocarbonyl (C=S) groups is 1. The van der Waals surface area contributed by atoms with Gasteiger partial charge in [-0.1, -0.05) is 40.9 Å². The summed E-state index contributed by atoms with van der Waals surface area (Å²) in [5.41, 5.74) is 2.64. The zero-order valence-corrected chi connectivity index (χ0v) is 15.9. The van der Waals surface area contributed by atoms with E-state index in [9.17, 15) is 0 Å². The molecule has 1 heterocycles. The maximum Gasteiger partial charge on any atom is 0.175 e. The molecule has 25 heavy (non-hydrogen) atoms. The predicted octanol–water partition coefficient (Wildman–Crippen LogP) is 5.70. The van der Waals surface area contributed by atoms with Crippen LogP contribution in [0, 0.1) is 0 Å². The van der Waals surface area contributed by atoms with Gasteiger partial charge in [-0.05, 0) is 54.2 Å². The van der Waals surface area contributed by atoms with Crippen LogP contribution in [-0.2, 0) is 6.54 Å². The lowest BCUT2D eigenvalue weighted by Gasteiger charge is -2.08. The van der Waals surface area contributed by atoms with E-state index in [0.29, 0.717) is 26.7 Å². The topological polar surface area (TPSA) is 41.9 Å². The van der Waals surface area contributed by atoms with E-state index in [0.717, 1.165) is 16.9 Å². The Bertz CT molecular complexity index is 893. The molecule has 0 aliphatic carbocycles. The maximum absolute atomic E-state index is 6.03. The third-order valence-electron chi connectivity index (χ3n) is 3.32. The van der Waals surface area contributed by atoms with Gasteiger partial charge in [-0.3, -0.25) is 4.68 Å². The second-order valence-corrected chi connectivity index (χ2v) is 6.92. The van der Waals surface area contributed by atoms with E-state index in [2.05, 4.69) is 15.7 Å². The molecule has 0 spiro atoms. The first-order chi connectivity index (χ1) is 12.0. The van der Waals surface area contributed by atoms with Crippen LogP contribution in [0.2, 0.25) is 15.1 Å². The lowest BCUT2D eigenvalue weighted by atomic mass is 10.2. The summed E-state index contributed by atoms with van der Waals surface area (Å²) in [6, 6.07) is 12.8. The van der Waals surface area contributed by atoms with Gasteiger partial charge in [-0.15, -0.1) is 0 Å². The fourth-order valence-corrected chi connectivity index (χ4v) is 2.85. The average molecular weight is 412 g/mol. The van der Waals surface area contributed by atoms with Crippen LogP contribution in [0.3, 0.4) is 0 Å². The molecule has 3 aromatic rings. The van der Waals surface area contributed by atoms with Crippen molar-refractivity contribution in [2.45, 2.75) is 6.54 Å². The molecule has 0 atom stereocenters. The van der Waals surface area contributed by atoms with Gasteiger partial charge in [-0.2, -0.15) is 5.10 Å². The van der Waals surface area contributed by atoms with Crippen LogP contribution < -0.4 is 10.6 Å². The molecule has 4 nitrogen and oxygen atoms in total. The van der Waals surface area contributed by atoms with Gasteiger partial charge in [0.1, 0.15) is 0 Å². The monoisotopic (exact) mass is 410 g/mol. The Morgan fingerprint density at radius 1 is 0.960 bits per heavy atom. The van der Waals surface area contributed by atoms with Gasteiger partial charge in [0.25, 0.3) is 0 Å². The standard InChI is InChI=1S/C17H13Cl3N4S/c18-12-2-4-13(5-3-12)22-17(25)23-14-8-21-24(10-14)9-11-1-6-15(19)16(20)7-11/h1-8,10H,9H2,(H2,22,23,25). The van der Waals surface area contributed by atoms with Crippen LogP contribution >= 0.6 is 47.0 Å². The summed E-state index contributed by atoms with van der Waals surface area (Å²) < 4.78 is 1.78. The lowest BCUT2D eigenvalue weighted by molar-refractivity contribution is 0.687. The minimum Gasteiger partial charge on any atom is -0.332 e. The van der Waals surface area contributed by atoms with Crippen LogP contribution in [0.4, 0.5) is 11.4 Å². The van der Waals surface area contributed by atoms with Crippen molar-refractivity contribution in [1.29, 1.82) is 0 Å². The lowest BCUT2D eigenvalue weighted by Crippen LogP contribution is -2.18. The Labute approximate surface area is 165 Å². The number of hydrogen-bond donors (Lipinski definition) is 2. The van der Waals surface area contributed by atoms with E-state index in [-0.39, 0.29) is 0 Å². The third kappa shape index (κ3) is 5.09. The van der Waals surface area contributed by atoms with Gasteiger partial charge in [0, 0.05) is 16.9 Å². The van der Waals surface area contributed by atoms with Crippen LogP contribution in [-0.4, -0.2) is 14.9 Å². The number of anilines is 2. The van der Waals surface area contributed by atoms with Gasteiger partial charge in [0.05, 0.1) is 28.5 Å². The minimum atomic E-state index is 0.469. The van der Waals surface area contributed by atoms with Gasteiger partial charge in [-0.25, -0.2) is 0 Å². The fourth-order valence-electron chi connectivity index (χ4n) is 2.17. The first-order valence-corrected chi connectivity index (χ1v) is 8.84. The Kier molecular flexibility index (Phi) is 5.81. The molecule has 128 valence electrons. The van der Waals surface area contributed by atoms with E-state index >= 15 is 0 Å². The Balaban J connectivity index is 1.60. The summed E-state index contributed by atoms with van der Waals surface area (Å²) in [5.74, 6) is 0. The van der Waals surface area contributed by atoms with E-state index in [1.165, 1.54) is 0 Å². The number of halogens is 3. The van der Waals surface area contributed by atoms with Crippen molar-refractivity contribution >= 4 is 63.5 Å². The highest BCUT2D eigenvalue weighted by Crippen LogP contribution is 2.23. The van der Waals surface area contributed by atoms with Crippen molar-refractivity contribution in [2.24, 2.45) is 0 Å². The van der Waals surface area contributed by atoms with Gasteiger partial charge < -0.3 is 10.6 Å². The van der Waals surface area contributed by atoms with Crippen molar-refractivity contribution < 1.29 is 0 Å². The molecule has 8 heteroatoms. The van der Waals surface area contributed by atoms with Crippen molar-refractivity contribution in [1.82, 2.24) is 9.78 Å². The molecular formula is C17H13Cl3N4S. The zero-order valence-electron chi connectivity index (χ0n) is 12.8. The molecule has 0 bridgehead atoms. The zero-order chi connectivity index (χ0) is 17.8. The van der Waals surface area contributed by atoms with Gasteiger partial charge >= 0.3 is 0 Å². The summed E-state index contributed by atoms with van der Waals surface area (Å²) in [6.45, 7) is 0.579. The van der Waals surface area contributed by atoms with E-state index in [1.807, 2.05) is 30.5 Å². The first-order valence-electron chi connectivity index (χ1n) is 7.29. The van der Waals surface area contributed by atoms with Crippen molar-refractivity contribution in [3.05, 3.63) is 75.5 Å². The van der Waals surface area contributed by atoms with Crippen LogP contribution in [0.5, 0.6) is 0 Å². The minimum absolute atomic E-state index is 0.469. The first kappa shape index (κ1) is 18.0. The molecule has 0 saturated carbocycles. The Morgan fingerprint density at radius 3 is 2.40 bits per heavy atom. The quantitative estimate of drug-likeness (QED) is 0.540. The number of nitrogens with one attached hydrogen (secondary N) is 2. The van der Waals surface area contributed by atoms with Crippen molar-refractivity contribution in [3.63, 3.8) is 0 Å². The predicted molar refractivity (Wildman–Crippen MR) is 109 cm³/mol. The molecule has 0 aliphatic rings. The number of benzene rings is 2. The highest BCUT2D eigenvalue weighted by atomic mass is 35.5. The second kappa shape index (κ2) is 8.06. The van der Waals surface area contributed by atoms with Gasteiger partial charge in [0.15, 0.2) is 5.11 Å². The molecule has 1 aromatic heterocycles. The molecule has 0 fully saturated rings. The summed E-state index contributed by atoms with van der Waals surface area (Å²) in [4.78, 5) is 0. The molecule has 0 aliphatic heterocycles. The van der Waals surface area contributed by atoms with E-state index < -0.39 is 0 Å². The normalized spacial score (nSPS) is 10.5. The molecular weight excluding hydrogens is 399 g/mol. The summed E-state index contributed by atoms with van der Waals surface area (Å²) >= 11 is 23.1. The fraction of sp³-hybridized carbons (Fsp3) is 0.0588. The third-order valence-corrected chi connectivity index (χ3v) is 4.52. The Hall–Kier alpha value is -1.79. The summed E-state index contributed by atoms with van der Waals surface area (Å²) in [6.07, 6.45) is 3.56.